The summed E-state index contributed by atoms with van der Waals surface area (Å²) in [4.78, 5) is 23.0. The Labute approximate surface area is 198 Å². The molecule has 0 bridgehead atoms. The van der Waals surface area contributed by atoms with Gasteiger partial charge in [-0.25, -0.2) is 9.97 Å². The van der Waals surface area contributed by atoms with Crippen LogP contribution in [0.1, 0.15) is 24.8 Å². The van der Waals surface area contributed by atoms with Gasteiger partial charge in [-0.2, -0.15) is 0 Å². The van der Waals surface area contributed by atoms with Crippen LogP contribution in [0.15, 0.2) is 61.1 Å². The molecular weight excluding hydrogens is 434 g/mol. The fraction of sp³-hybridized carbons (Fsp3) is 0.269. The van der Waals surface area contributed by atoms with Crippen molar-refractivity contribution < 1.29 is 4.79 Å². The maximum Gasteiger partial charge on any atom is 0.222 e. The van der Waals surface area contributed by atoms with E-state index in [9.17, 15) is 4.79 Å². The Morgan fingerprint density at radius 1 is 1.12 bits per heavy atom. The maximum absolute atomic E-state index is 11.9. The Hall–Kier alpha value is -3.38. The van der Waals surface area contributed by atoms with E-state index >= 15 is 0 Å². The number of aryl methyl sites for hydroxylation is 1. The second kappa shape index (κ2) is 9.24. The molecule has 2 aromatic carbocycles. The first-order chi connectivity index (χ1) is 16.1. The lowest BCUT2D eigenvalue weighted by Gasteiger charge is -2.15. The summed E-state index contributed by atoms with van der Waals surface area (Å²) >= 11 is 6.43. The third-order valence-corrected chi connectivity index (χ3v) is 6.58. The van der Waals surface area contributed by atoms with Gasteiger partial charge in [0.2, 0.25) is 5.91 Å². The second-order valence-electron chi connectivity index (χ2n) is 8.40. The normalized spacial score (nSPS) is 13.8. The van der Waals surface area contributed by atoms with Crippen molar-refractivity contribution >= 4 is 34.4 Å². The number of halogens is 1. The molecule has 7 heteroatoms. The first-order valence-corrected chi connectivity index (χ1v) is 11.7. The molecule has 168 valence electrons. The lowest BCUT2D eigenvalue weighted by Crippen LogP contribution is -2.27. The molecule has 2 aromatic heterocycles. The van der Waals surface area contributed by atoms with Gasteiger partial charge in [0.25, 0.3) is 0 Å². The highest BCUT2D eigenvalue weighted by Crippen LogP contribution is 2.35. The number of hydrogen-bond donors (Lipinski definition) is 1. The number of carbonyl (C=O) groups excluding carboxylic acids is 1. The van der Waals surface area contributed by atoms with Crippen LogP contribution >= 0.6 is 11.6 Å². The second-order valence-corrected chi connectivity index (χ2v) is 8.81. The standard InChI is InChI=1S/C26H26ClN5O/c1-18-10-11-20(15-22(18)27)32-16-21(19-7-3-2-4-8-19)24-25(29-17-30-26(24)32)28-12-6-14-31-13-5-9-23(31)33/h2-4,7-8,10-11,15-17H,5-6,9,12-14H2,1H3,(H,28,29,30). The monoisotopic (exact) mass is 459 g/mol. The number of carbonyl (C=O) groups is 1. The number of hydrogen-bond acceptors (Lipinski definition) is 4. The van der Waals surface area contributed by atoms with Gasteiger partial charge in [0.1, 0.15) is 12.1 Å². The Bertz CT molecular complexity index is 1300. The Kier molecular flexibility index (Phi) is 6.01. The minimum Gasteiger partial charge on any atom is -0.369 e. The van der Waals surface area contributed by atoms with Crippen molar-refractivity contribution in [2.75, 3.05) is 25.0 Å². The number of fused-ring (bicyclic) bond motifs is 1. The van der Waals surface area contributed by atoms with E-state index in [1.165, 1.54) is 0 Å². The number of benzene rings is 2. The van der Waals surface area contributed by atoms with Crippen LogP contribution < -0.4 is 5.32 Å². The molecule has 33 heavy (non-hydrogen) atoms. The summed E-state index contributed by atoms with van der Waals surface area (Å²) in [6.45, 7) is 4.37. The van der Waals surface area contributed by atoms with E-state index < -0.39 is 0 Å². The van der Waals surface area contributed by atoms with E-state index in [0.717, 1.165) is 76.7 Å². The molecule has 1 N–H and O–H groups in total. The summed E-state index contributed by atoms with van der Waals surface area (Å²) in [5.74, 6) is 1.06. The summed E-state index contributed by atoms with van der Waals surface area (Å²) in [6, 6.07) is 16.3. The Morgan fingerprint density at radius 2 is 1.97 bits per heavy atom. The van der Waals surface area contributed by atoms with Gasteiger partial charge < -0.3 is 14.8 Å². The van der Waals surface area contributed by atoms with Gasteiger partial charge in [-0.05, 0) is 43.0 Å². The largest absolute Gasteiger partial charge is 0.369 e. The SMILES string of the molecule is Cc1ccc(-n2cc(-c3ccccc3)c3c(NCCCN4CCCC4=O)ncnc32)cc1Cl. The molecule has 0 unspecified atom stereocenters. The average Bonchev–Trinajstić information content (AvgIpc) is 3.43. The van der Waals surface area contributed by atoms with Crippen LogP contribution in [0, 0.1) is 6.92 Å². The highest BCUT2D eigenvalue weighted by molar-refractivity contribution is 6.31. The Balaban J connectivity index is 1.51. The molecule has 4 aromatic rings. The van der Waals surface area contributed by atoms with E-state index in [0.29, 0.717) is 6.42 Å². The predicted octanol–water partition coefficient (Wildman–Crippen LogP) is 5.47. The number of aromatic nitrogens is 3. The molecule has 0 radical (unpaired) electrons. The number of anilines is 1. The van der Waals surface area contributed by atoms with E-state index in [1.54, 1.807) is 6.33 Å². The van der Waals surface area contributed by atoms with Crippen molar-refractivity contribution in [3.63, 3.8) is 0 Å². The van der Waals surface area contributed by atoms with Gasteiger partial charge >= 0.3 is 0 Å². The van der Waals surface area contributed by atoms with Crippen LogP contribution in [0.25, 0.3) is 27.8 Å². The fourth-order valence-corrected chi connectivity index (χ4v) is 4.55. The zero-order chi connectivity index (χ0) is 22.8. The smallest absolute Gasteiger partial charge is 0.222 e. The van der Waals surface area contributed by atoms with Crippen LogP contribution in [0.2, 0.25) is 5.02 Å². The molecule has 6 nitrogen and oxygen atoms in total. The van der Waals surface area contributed by atoms with Crippen LogP contribution in [-0.4, -0.2) is 45.0 Å². The minimum atomic E-state index is 0.264. The lowest BCUT2D eigenvalue weighted by atomic mass is 10.1. The number of amides is 1. The van der Waals surface area contributed by atoms with Gasteiger partial charge in [0.15, 0.2) is 5.65 Å². The summed E-state index contributed by atoms with van der Waals surface area (Å²) in [5, 5.41) is 5.19. The van der Waals surface area contributed by atoms with Crippen molar-refractivity contribution in [1.29, 1.82) is 0 Å². The molecule has 1 aliphatic rings. The third-order valence-electron chi connectivity index (χ3n) is 6.17. The number of nitrogens with one attached hydrogen (secondary N) is 1. The van der Waals surface area contributed by atoms with Gasteiger partial charge in [0, 0.05) is 48.5 Å². The van der Waals surface area contributed by atoms with Gasteiger partial charge in [-0.3, -0.25) is 4.79 Å². The summed E-state index contributed by atoms with van der Waals surface area (Å²) in [7, 11) is 0. The van der Waals surface area contributed by atoms with E-state index in [4.69, 9.17) is 11.6 Å². The van der Waals surface area contributed by atoms with Crippen LogP contribution in [0.4, 0.5) is 5.82 Å². The van der Waals surface area contributed by atoms with Crippen molar-refractivity contribution in [3.8, 4) is 16.8 Å². The Morgan fingerprint density at radius 3 is 2.73 bits per heavy atom. The molecule has 1 amide bonds. The maximum atomic E-state index is 11.9. The van der Waals surface area contributed by atoms with Crippen LogP contribution in [-0.2, 0) is 4.79 Å². The topological polar surface area (TPSA) is 63.1 Å². The summed E-state index contributed by atoms with van der Waals surface area (Å²) < 4.78 is 2.07. The summed E-state index contributed by atoms with van der Waals surface area (Å²) in [5.41, 5.74) is 4.96. The molecule has 1 aliphatic heterocycles. The molecule has 0 atom stereocenters. The van der Waals surface area contributed by atoms with E-state index in [-0.39, 0.29) is 5.91 Å². The number of likely N-dealkylation sites (tertiary alicyclic amines) is 1. The van der Waals surface area contributed by atoms with E-state index in [2.05, 4.69) is 44.2 Å². The van der Waals surface area contributed by atoms with Gasteiger partial charge in [-0.1, -0.05) is 48.0 Å². The number of rotatable bonds is 7. The van der Waals surface area contributed by atoms with Crippen LogP contribution in [0.3, 0.4) is 0 Å². The van der Waals surface area contributed by atoms with Crippen molar-refractivity contribution in [3.05, 3.63) is 71.6 Å². The van der Waals surface area contributed by atoms with Gasteiger partial charge in [0.05, 0.1) is 5.39 Å². The lowest BCUT2D eigenvalue weighted by molar-refractivity contribution is -0.127. The van der Waals surface area contributed by atoms with E-state index in [1.807, 2.05) is 42.2 Å². The molecule has 1 saturated heterocycles. The zero-order valence-corrected chi connectivity index (χ0v) is 19.3. The first kappa shape index (κ1) is 21.5. The zero-order valence-electron chi connectivity index (χ0n) is 18.6. The third kappa shape index (κ3) is 4.31. The van der Waals surface area contributed by atoms with Crippen molar-refractivity contribution in [1.82, 2.24) is 19.4 Å². The number of nitrogens with zero attached hydrogens (tertiary/aromatic N) is 4. The van der Waals surface area contributed by atoms with Gasteiger partial charge in [-0.15, -0.1) is 0 Å². The highest BCUT2D eigenvalue weighted by Gasteiger charge is 2.20. The average molecular weight is 460 g/mol. The molecule has 1 fully saturated rings. The molecule has 0 aliphatic carbocycles. The summed E-state index contributed by atoms with van der Waals surface area (Å²) in [6.07, 6.45) is 6.21. The quantitative estimate of drug-likeness (QED) is 0.372. The highest BCUT2D eigenvalue weighted by atomic mass is 35.5. The van der Waals surface area contributed by atoms with Crippen molar-refractivity contribution in [2.24, 2.45) is 0 Å². The molecule has 0 spiro atoms. The van der Waals surface area contributed by atoms with Crippen LogP contribution in [0.5, 0.6) is 0 Å². The molecule has 0 saturated carbocycles. The fourth-order valence-electron chi connectivity index (χ4n) is 4.38. The predicted molar refractivity (Wildman–Crippen MR) is 133 cm³/mol. The minimum absolute atomic E-state index is 0.264. The van der Waals surface area contributed by atoms with Crippen molar-refractivity contribution in [2.45, 2.75) is 26.2 Å². The molecule has 5 rings (SSSR count). The first-order valence-electron chi connectivity index (χ1n) is 11.3. The molecular formula is C26H26ClN5O. The molecule has 3 heterocycles.